The van der Waals surface area contributed by atoms with Crippen molar-refractivity contribution in [3.05, 3.63) is 35.1 Å². The van der Waals surface area contributed by atoms with Crippen LogP contribution in [0, 0.1) is 11.2 Å². The second-order valence-corrected chi connectivity index (χ2v) is 5.80. The van der Waals surface area contributed by atoms with Gasteiger partial charge in [0, 0.05) is 18.7 Å². The highest BCUT2D eigenvalue weighted by molar-refractivity contribution is 5.95. The van der Waals surface area contributed by atoms with Crippen LogP contribution in [0.4, 0.5) is 4.39 Å². The molecule has 4 N–H and O–H groups in total. The molecule has 1 aromatic rings. The minimum atomic E-state index is -0.636. The van der Waals surface area contributed by atoms with Crippen LogP contribution in [-0.4, -0.2) is 35.0 Å². The minimum absolute atomic E-state index is 0.135. The van der Waals surface area contributed by atoms with Gasteiger partial charge in [-0.15, -0.1) is 0 Å². The number of hydrogen-bond acceptors (Lipinski definition) is 3. The lowest BCUT2D eigenvalue weighted by atomic mass is 10.0. The standard InChI is InChI=1S/C15H22FN3O/c1-19(10-15(20)7-2-3-8-15)9-11-5-4-6-12(13(11)16)14(17)18/h4-6,20H,2-3,7-10H2,1H3,(H3,17,18). The second-order valence-electron chi connectivity index (χ2n) is 5.80. The molecular weight excluding hydrogens is 257 g/mol. The third kappa shape index (κ3) is 3.35. The van der Waals surface area contributed by atoms with Crippen LogP contribution in [0.25, 0.3) is 0 Å². The number of rotatable bonds is 5. The van der Waals surface area contributed by atoms with Crippen LogP contribution in [0.2, 0.25) is 0 Å². The lowest BCUT2D eigenvalue weighted by Gasteiger charge is -2.28. The first-order chi connectivity index (χ1) is 9.41. The van der Waals surface area contributed by atoms with Crippen LogP contribution in [0.15, 0.2) is 18.2 Å². The number of nitrogens with two attached hydrogens (primary N) is 1. The zero-order valence-corrected chi connectivity index (χ0v) is 11.8. The highest BCUT2D eigenvalue weighted by atomic mass is 19.1. The first-order valence-corrected chi connectivity index (χ1v) is 6.94. The molecule has 0 heterocycles. The summed E-state index contributed by atoms with van der Waals surface area (Å²) in [5.41, 5.74) is 5.36. The Kier molecular flexibility index (Phi) is 4.40. The van der Waals surface area contributed by atoms with Crippen molar-refractivity contribution in [3.63, 3.8) is 0 Å². The van der Waals surface area contributed by atoms with Gasteiger partial charge >= 0.3 is 0 Å². The molecule has 1 aliphatic rings. The Morgan fingerprint density at radius 1 is 1.45 bits per heavy atom. The van der Waals surface area contributed by atoms with Gasteiger partial charge < -0.3 is 10.8 Å². The number of hydrogen-bond donors (Lipinski definition) is 3. The molecule has 1 aliphatic carbocycles. The van der Waals surface area contributed by atoms with Gasteiger partial charge in [0.25, 0.3) is 0 Å². The quantitative estimate of drug-likeness (QED) is 0.569. The number of nitrogens with one attached hydrogen (secondary N) is 1. The van der Waals surface area contributed by atoms with E-state index >= 15 is 0 Å². The van der Waals surface area contributed by atoms with E-state index < -0.39 is 11.4 Å². The molecule has 1 saturated carbocycles. The minimum Gasteiger partial charge on any atom is -0.389 e. The average Bonchev–Trinajstić information content (AvgIpc) is 2.77. The lowest BCUT2D eigenvalue weighted by Crippen LogP contribution is -2.39. The van der Waals surface area contributed by atoms with Gasteiger partial charge in [-0.05, 0) is 26.0 Å². The van der Waals surface area contributed by atoms with Crippen molar-refractivity contribution in [2.45, 2.75) is 37.8 Å². The van der Waals surface area contributed by atoms with E-state index in [9.17, 15) is 9.50 Å². The van der Waals surface area contributed by atoms with Crippen molar-refractivity contribution >= 4 is 5.84 Å². The highest BCUT2D eigenvalue weighted by Gasteiger charge is 2.32. The fourth-order valence-electron chi connectivity index (χ4n) is 2.95. The first kappa shape index (κ1) is 14.9. The third-order valence-electron chi connectivity index (χ3n) is 3.91. The van der Waals surface area contributed by atoms with Crippen LogP contribution < -0.4 is 5.73 Å². The number of amidine groups is 1. The molecule has 1 aromatic carbocycles. The molecule has 0 bridgehead atoms. The van der Waals surface area contributed by atoms with Gasteiger partial charge in [-0.3, -0.25) is 10.3 Å². The molecule has 0 aliphatic heterocycles. The molecule has 2 rings (SSSR count). The molecule has 0 unspecified atom stereocenters. The van der Waals surface area contributed by atoms with E-state index in [4.69, 9.17) is 11.1 Å². The fraction of sp³-hybridized carbons (Fsp3) is 0.533. The zero-order valence-electron chi connectivity index (χ0n) is 11.8. The molecule has 0 radical (unpaired) electrons. The Balaban J connectivity index is 2.06. The predicted molar refractivity (Wildman–Crippen MR) is 77.2 cm³/mol. The maximum absolute atomic E-state index is 14.2. The maximum atomic E-state index is 14.2. The number of halogens is 1. The molecule has 4 nitrogen and oxygen atoms in total. The van der Waals surface area contributed by atoms with E-state index in [0.29, 0.717) is 18.7 Å². The Morgan fingerprint density at radius 2 is 2.10 bits per heavy atom. The van der Waals surface area contributed by atoms with Crippen molar-refractivity contribution in [2.24, 2.45) is 5.73 Å². The van der Waals surface area contributed by atoms with Crippen molar-refractivity contribution in [3.8, 4) is 0 Å². The number of aliphatic hydroxyl groups is 1. The van der Waals surface area contributed by atoms with Gasteiger partial charge in [-0.2, -0.15) is 0 Å². The summed E-state index contributed by atoms with van der Waals surface area (Å²) in [4.78, 5) is 1.92. The van der Waals surface area contributed by atoms with Crippen LogP contribution in [-0.2, 0) is 6.54 Å². The van der Waals surface area contributed by atoms with Crippen LogP contribution >= 0.6 is 0 Å². The number of benzene rings is 1. The first-order valence-electron chi connectivity index (χ1n) is 6.94. The summed E-state index contributed by atoms with van der Waals surface area (Å²) in [5, 5.41) is 17.7. The maximum Gasteiger partial charge on any atom is 0.138 e. The number of nitrogen functional groups attached to an aromatic ring is 1. The molecule has 0 saturated heterocycles. The van der Waals surface area contributed by atoms with Gasteiger partial charge in [0.15, 0.2) is 0 Å². The Labute approximate surface area is 118 Å². The van der Waals surface area contributed by atoms with Gasteiger partial charge in [0.1, 0.15) is 11.7 Å². The zero-order chi connectivity index (χ0) is 14.8. The Hall–Kier alpha value is -1.46. The van der Waals surface area contributed by atoms with E-state index in [-0.39, 0.29) is 11.4 Å². The van der Waals surface area contributed by atoms with E-state index in [1.54, 1.807) is 12.1 Å². The van der Waals surface area contributed by atoms with Crippen LogP contribution in [0.1, 0.15) is 36.8 Å². The van der Waals surface area contributed by atoms with Crippen molar-refractivity contribution in [1.82, 2.24) is 4.90 Å². The number of nitrogens with zero attached hydrogens (tertiary/aromatic N) is 1. The van der Waals surface area contributed by atoms with Gasteiger partial charge in [-0.25, -0.2) is 4.39 Å². The monoisotopic (exact) mass is 279 g/mol. The normalized spacial score (nSPS) is 17.6. The summed E-state index contributed by atoms with van der Waals surface area (Å²) in [5.74, 6) is -0.702. The second kappa shape index (κ2) is 5.89. The van der Waals surface area contributed by atoms with E-state index in [1.807, 2.05) is 11.9 Å². The molecule has 1 fully saturated rings. The Morgan fingerprint density at radius 3 is 2.70 bits per heavy atom. The topological polar surface area (TPSA) is 73.3 Å². The molecule has 0 spiro atoms. The molecule has 0 amide bonds. The fourth-order valence-corrected chi connectivity index (χ4v) is 2.95. The molecule has 110 valence electrons. The molecular formula is C15H22FN3O. The predicted octanol–water partition coefficient (Wildman–Crippen LogP) is 1.85. The molecule has 0 atom stereocenters. The molecule has 5 heteroatoms. The van der Waals surface area contributed by atoms with Gasteiger partial charge in [0.05, 0.1) is 11.2 Å². The largest absolute Gasteiger partial charge is 0.389 e. The van der Waals surface area contributed by atoms with Crippen LogP contribution in [0.5, 0.6) is 0 Å². The SMILES string of the molecule is CN(Cc1cccc(C(=N)N)c1F)CC1(O)CCCC1. The van der Waals surface area contributed by atoms with Crippen LogP contribution in [0.3, 0.4) is 0 Å². The Bertz CT molecular complexity index is 498. The average molecular weight is 279 g/mol. The summed E-state index contributed by atoms with van der Waals surface area (Å²) in [6.45, 7) is 0.937. The van der Waals surface area contributed by atoms with Gasteiger partial charge in [0.2, 0.25) is 0 Å². The smallest absolute Gasteiger partial charge is 0.138 e. The highest BCUT2D eigenvalue weighted by Crippen LogP contribution is 2.30. The van der Waals surface area contributed by atoms with Gasteiger partial charge in [-0.1, -0.05) is 25.0 Å². The summed E-state index contributed by atoms with van der Waals surface area (Å²) < 4.78 is 14.2. The van der Waals surface area contributed by atoms with Crippen molar-refractivity contribution in [1.29, 1.82) is 5.41 Å². The molecule has 0 aromatic heterocycles. The van der Waals surface area contributed by atoms with Crippen molar-refractivity contribution in [2.75, 3.05) is 13.6 Å². The van der Waals surface area contributed by atoms with E-state index in [2.05, 4.69) is 0 Å². The number of likely N-dealkylation sites (N-methyl/N-ethyl adjacent to an activating group) is 1. The van der Waals surface area contributed by atoms with E-state index in [1.165, 1.54) is 6.07 Å². The third-order valence-corrected chi connectivity index (χ3v) is 3.91. The summed E-state index contributed by atoms with van der Waals surface area (Å²) in [6.07, 6.45) is 3.73. The van der Waals surface area contributed by atoms with E-state index in [0.717, 1.165) is 25.7 Å². The summed E-state index contributed by atoms with van der Waals surface area (Å²) in [6, 6.07) is 4.90. The summed E-state index contributed by atoms with van der Waals surface area (Å²) in [7, 11) is 1.87. The summed E-state index contributed by atoms with van der Waals surface area (Å²) >= 11 is 0. The molecule has 20 heavy (non-hydrogen) atoms. The lowest BCUT2D eigenvalue weighted by molar-refractivity contribution is 0.0143. The van der Waals surface area contributed by atoms with Crippen molar-refractivity contribution < 1.29 is 9.50 Å².